The van der Waals surface area contributed by atoms with Crippen molar-refractivity contribution in [3.63, 3.8) is 0 Å². The zero-order chi connectivity index (χ0) is 9.56. The van der Waals surface area contributed by atoms with E-state index in [9.17, 15) is 0 Å². The van der Waals surface area contributed by atoms with Gasteiger partial charge in [-0.2, -0.15) is 0 Å². The van der Waals surface area contributed by atoms with Gasteiger partial charge in [0.25, 0.3) is 0 Å². The molecule has 12 heavy (non-hydrogen) atoms. The molecule has 0 heterocycles. The van der Waals surface area contributed by atoms with Crippen LogP contribution in [0, 0.1) is 0 Å². The molecule has 0 aliphatic heterocycles. The first-order valence-corrected chi connectivity index (χ1v) is 4.42. The molecule has 0 bridgehead atoms. The molecule has 70 valence electrons. The fraction of sp³-hybridized carbons (Fsp3) is 0.500. The van der Waals surface area contributed by atoms with Crippen LogP contribution in [0.15, 0.2) is 22.7 Å². The Balaban J connectivity index is 3.70. The lowest BCUT2D eigenvalue weighted by Crippen LogP contribution is -2.21. The minimum absolute atomic E-state index is 0.0377. The molecule has 0 saturated heterocycles. The minimum Gasteiger partial charge on any atom is -0.317 e. The molecule has 0 fully saturated rings. The van der Waals surface area contributed by atoms with Crippen molar-refractivity contribution in [2.75, 3.05) is 0 Å². The van der Waals surface area contributed by atoms with Gasteiger partial charge < -0.3 is 5.21 Å². The zero-order valence-corrected chi connectivity index (χ0v) is 8.49. The standard InChI is InChI=1S/C8H13Cl2NO/c1-6(9)5-8(10)4-3-7(2)11-12/h5,7,11-12H,1,3-4H2,2H3/b8-5+. The lowest BCUT2D eigenvalue weighted by molar-refractivity contribution is 0.129. The Morgan fingerprint density at radius 2 is 2.25 bits per heavy atom. The molecule has 0 aliphatic carbocycles. The highest BCUT2D eigenvalue weighted by Crippen LogP contribution is 2.15. The number of hydrogen-bond donors (Lipinski definition) is 2. The summed E-state index contributed by atoms with van der Waals surface area (Å²) in [4.78, 5) is 0. The lowest BCUT2D eigenvalue weighted by atomic mass is 10.2. The second-order valence-corrected chi connectivity index (χ2v) is 3.58. The Morgan fingerprint density at radius 1 is 1.67 bits per heavy atom. The Labute approximate surface area is 82.8 Å². The quantitative estimate of drug-likeness (QED) is 0.540. The fourth-order valence-electron chi connectivity index (χ4n) is 0.661. The van der Waals surface area contributed by atoms with Crippen molar-refractivity contribution in [3.8, 4) is 0 Å². The van der Waals surface area contributed by atoms with Crippen LogP contribution in [0.4, 0.5) is 0 Å². The third-order valence-corrected chi connectivity index (χ3v) is 1.76. The molecule has 1 unspecified atom stereocenters. The maximum absolute atomic E-state index is 8.47. The summed E-state index contributed by atoms with van der Waals surface area (Å²) in [6.45, 7) is 5.34. The molecule has 0 aromatic rings. The summed E-state index contributed by atoms with van der Waals surface area (Å²) in [6, 6.07) is 0.0377. The predicted octanol–water partition coefficient (Wildman–Crippen LogP) is 3.01. The second-order valence-electron chi connectivity index (χ2n) is 2.61. The maximum atomic E-state index is 8.47. The van der Waals surface area contributed by atoms with Crippen LogP contribution < -0.4 is 5.48 Å². The second kappa shape index (κ2) is 6.49. The smallest absolute Gasteiger partial charge is 0.0345 e. The van der Waals surface area contributed by atoms with E-state index in [0.29, 0.717) is 16.5 Å². The normalized spacial score (nSPS) is 14.5. The summed E-state index contributed by atoms with van der Waals surface area (Å²) in [5.41, 5.74) is 2.13. The third kappa shape index (κ3) is 6.68. The molecule has 2 nitrogen and oxygen atoms in total. The average Bonchev–Trinajstić information content (AvgIpc) is 1.99. The minimum atomic E-state index is 0.0377. The van der Waals surface area contributed by atoms with Gasteiger partial charge in [-0.1, -0.05) is 29.8 Å². The molecule has 0 spiro atoms. The maximum Gasteiger partial charge on any atom is 0.0345 e. The first kappa shape index (κ1) is 12.0. The molecule has 0 radical (unpaired) electrons. The van der Waals surface area contributed by atoms with Crippen molar-refractivity contribution in [3.05, 3.63) is 22.7 Å². The molecule has 0 aromatic heterocycles. The van der Waals surface area contributed by atoms with Gasteiger partial charge in [0.2, 0.25) is 0 Å². The first-order chi connectivity index (χ1) is 5.56. The highest BCUT2D eigenvalue weighted by Gasteiger charge is 2.00. The predicted molar refractivity (Wildman–Crippen MR) is 52.5 cm³/mol. The van der Waals surface area contributed by atoms with Gasteiger partial charge in [0.05, 0.1) is 0 Å². The summed E-state index contributed by atoms with van der Waals surface area (Å²) in [7, 11) is 0. The molecule has 0 aromatic carbocycles. The van der Waals surface area contributed by atoms with Crippen LogP contribution in [0.2, 0.25) is 0 Å². The average molecular weight is 210 g/mol. The molecule has 0 rings (SSSR count). The summed E-state index contributed by atoms with van der Waals surface area (Å²) in [5, 5.41) is 9.54. The van der Waals surface area contributed by atoms with Gasteiger partial charge in [-0.05, 0) is 25.8 Å². The topological polar surface area (TPSA) is 32.3 Å². The van der Waals surface area contributed by atoms with Gasteiger partial charge in [0.1, 0.15) is 0 Å². The first-order valence-electron chi connectivity index (χ1n) is 3.66. The van der Waals surface area contributed by atoms with Crippen molar-refractivity contribution in [2.45, 2.75) is 25.8 Å². The summed E-state index contributed by atoms with van der Waals surface area (Å²) in [6.07, 6.45) is 3.05. The molecule has 0 amide bonds. The summed E-state index contributed by atoms with van der Waals surface area (Å²) < 4.78 is 0. The SMILES string of the molecule is C=C(Cl)/C=C(/Cl)CCC(C)NO. The Bertz CT molecular complexity index is 180. The zero-order valence-electron chi connectivity index (χ0n) is 6.98. The van der Waals surface area contributed by atoms with Crippen molar-refractivity contribution >= 4 is 23.2 Å². The van der Waals surface area contributed by atoms with E-state index in [-0.39, 0.29) is 6.04 Å². The van der Waals surface area contributed by atoms with E-state index in [2.05, 4.69) is 12.1 Å². The molecule has 0 aliphatic rings. The number of rotatable bonds is 5. The van der Waals surface area contributed by atoms with E-state index in [1.54, 1.807) is 6.08 Å². The Morgan fingerprint density at radius 3 is 2.67 bits per heavy atom. The monoisotopic (exact) mass is 209 g/mol. The van der Waals surface area contributed by atoms with Gasteiger partial charge >= 0.3 is 0 Å². The lowest BCUT2D eigenvalue weighted by Gasteiger charge is -2.07. The molecular formula is C8H13Cl2NO. The molecule has 4 heteroatoms. The highest BCUT2D eigenvalue weighted by molar-refractivity contribution is 6.34. The van der Waals surface area contributed by atoms with Crippen molar-refractivity contribution in [1.82, 2.24) is 5.48 Å². The van der Waals surface area contributed by atoms with Crippen LogP contribution in [0.1, 0.15) is 19.8 Å². The van der Waals surface area contributed by atoms with E-state index in [1.165, 1.54) is 0 Å². The number of hydroxylamine groups is 1. The van der Waals surface area contributed by atoms with Crippen molar-refractivity contribution in [2.24, 2.45) is 0 Å². The van der Waals surface area contributed by atoms with Crippen LogP contribution in [0.3, 0.4) is 0 Å². The van der Waals surface area contributed by atoms with Crippen molar-refractivity contribution < 1.29 is 5.21 Å². The highest BCUT2D eigenvalue weighted by atomic mass is 35.5. The Hall–Kier alpha value is -0.0200. The van der Waals surface area contributed by atoms with E-state index in [1.807, 2.05) is 6.92 Å². The number of allylic oxidation sites excluding steroid dienone is 3. The summed E-state index contributed by atoms with van der Waals surface area (Å²) >= 11 is 11.3. The molecule has 0 saturated carbocycles. The van der Waals surface area contributed by atoms with Gasteiger partial charge in [-0.3, -0.25) is 0 Å². The molecule has 2 N–H and O–H groups in total. The molecular weight excluding hydrogens is 197 g/mol. The fourth-order valence-corrected chi connectivity index (χ4v) is 1.09. The van der Waals surface area contributed by atoms with Crippen LogP contribution in [-0.4, -0.2) is 11.2 Å². The number of halogens is 2. The van der Waals surface area contributed by atoms with Crippen LogP contribution in [0.25, 0.3) is 0 Å². The van der Waals surface area contributed by atoms with Gasteiger partial charge in [0, 0.05) is 16.1 Å². The van der Waals surface area contributed by atoms with Crippen LogP contribution in [0.5, 0.6) is 0 Å². The largest absolute Gasteiger partial charge is 0.317 e. The van der Waals surface area contributed by atoms with Gasteiger partial charge in [-0.15, -0.1) is 0 Å². The molecule has 1 atom stereocenters. The van der Waals surface area contributed by atoms with Crippen LogP contribution in [-0.2, 0) is 0 Å². The van der Waals surface area contributed by atoms with Gasteiger partial charge in [0.15, 0.2) is 0 Å². The van der Waals surface area contributed by atoms with E-state index >= 15 is 0 Å². The number of nitrogens with one attached hydrogen (secondary N) is 1. The Kier molecular flexibility index (Phi) is 6.48. The van der Waals surface area contributed by atoms with Gasteiger partial charge in [-0.25, -0.2) is 5.48 Å². The number of hydrogen-bond acceptors (Lipinski definition) is 2. The summed E-state index contributed by atoms with van der Waals surface area (Å²) in [5.74, 6) is 0. The third-order valence-electron chi connectivity index (χ3n) is 1.35. The van der Waals surface area contributed by atoms with Crippen LogP contribution >= 0.6 is 23.2 Å². The van der Waals surface area contributed by atoms with E-state index in [4.69, 9.17) is 28.4 Å². The van der Waals surface area contributed by atoms with E-state index in [0.717, 1.165) is 6.42 Å². The van der Waals surface area contributed by atoms with Crippen molar-refractivity contribution in [1.29, 1.82) is 0 Å². The van der Waals surface area contributed by atoms with E-state index < -0.39 is 0 Å².